The highest BCUT2D eigenvalue weighted by atomic mass is 35.5. The van der Waals surface area contributed by atoms with E-state index in [4.69, 9.17) is 17.3 Å². The Hall–Kier alpha value is -1.11. The fourth-order valence-electron chi connectivity index (χ4n) is 1.63. The van der Waals surface area contributed by atoms with Crippen LogP contribution >= 0.6 is 11.6 Å². The molecule has 0 aliphatic carbocycles. The molecule has 0 aromatic heterocycles. The van der Waals surface area contributed by atoms with E-state index in [1.807, 2.05) is 0 Å². The number of nitrogens with two attached hydrogens (primary N) is 1. The average molecular weight is 305 g/mol. The zero-order valence-corrected chi connectivity index (χ0v) is 12.2. The normalized spacial score (nSPS) is 11.7. The molecule has 1 aromatic carbocycles. The van der Waals surface area contributed by atoms with Gasteiger partial charge in [-0.3, -0.25) is 4.79 Å². The van der Waals surface area contributed by atoms with Crippen LogP contribution < -0.4 is 5.73 Å². The van der Waals surface area contributed by atoms with E-state index in [9.17, 15) is 13.2 Å². The number of halogens is 1. The third-order valence-electron chi connectivity index (χ3n) is 2.63. The number of carbonyl (C=O) groups excluding carboxylic acids is 1. The summed E-state index contributed by atoms with van der Waals surface area (Å²) in [6, 6.07) is 6.46. The van der Waals surface area contributed by atoms with Gasteiger partial charge in [0.1, 0.15) is 0 Å². The van der Waals surface area contributed by atoms with Gasteiger partial charge in [-0.1, -0.05) is 19.1 Å². The molecule has 106 valence electrons. The molecule has 0 saturated heterocycles. The molecule has 0 spiro atoms. The van der Waals surface area contributed by atoms with Gasteiger partial charge >= 0.3 is 0 Å². The summed E-state index contributed by atoms with van der Waals surface area (Å²) >= 11 is 5.62. The van der Waals surface area contributed by atoms with Crippen molar-refractivity contribution in [2.24, 2.45) is 5.73 Å². The second kappa shape index (κ2) is 6.88. The average Bonchev–Trinajstić information content (AvgIpc) is 2.36. The van der Waals surface area contributed by atoms with Crippen molar-refractivity contribution >= 4 is 27.5 Å². The first-order chi connectivity index (χ1) is 8.91. The van der Waals surface area contributed by atoms with Crippen LogP contribution in [0.5, 0.6) is 0 Å². The van der Waals surface area contributed by atoms with Gasteiger partial charge in [0.15, 0.2) is 0 Å². The number of amides is 1. The standard InChI is InChI=1S/C12H17ClN2O3S/c1-2-15(9-12(14)16)19(17,18)11-5-3-10(4-6-11)7-8-13/h3-6H,2,7-9H2,1H3,(H2,14,16). The largest absolute Gasteiger partial charge is 0.369 e. The van der Waals surface area contributed by atoms with Crippen molar-refractivity contribution in [2.75, 3.05) is 19.0 Å². The molecule has 5 nitrogen and oxygen atoms in total. The highest BCUT2D eigenvalue weighted by molar-refractivity contribution is 7.89. The van der Waals surface area contributed by atoms with Crippen LogP contribution in [0.1, 0.15) is 12.5 Å². The van der Waals surface area contributed by atoms with Crippen molar-refractivity contribution in [1.82, 2.24) is 4.31 Å². The summed E-state index contributed by atoms with van der Waals surface area (Å²) in [6.45, 7) is 1.53. The number of hydrogen-bond acceptors (Lipinski definition) is 3. The molecular weight excluding hydrogens is 288 g/mol. The van der Waals surface area contributed by atoms with Crippen LogP contribution in [0.15, 0.2) is 29.2 Å². The summed E-state index contributed by atoms with van der Waals surface area (Å²) < 4.78 is 25.6. The van der Waals surface area contributed by atoms with E-state index < -0.39 is 15.9 Å². The molecule has 1 aromatic rings. The first-order valence-corrected chi connectivity index (χ1v) is 7.82. The van der Waals surface area contributed by atoms with Gasteiger partial charge in [-0.05, 0) is 24.1 Å². The molecule has 1 rings (SSSR count). The van der Waals surface area contributed by atoms with E-state index in [1.54, 1.807) is 19.1 Å². The number of alkyl halides is 1. The quantitative estimate of drug-likeness (QED) is 0.762. The van der Waals surface area contributed by atoms with Crippen molar-refractivity contribution in [3.8, 4) is 0 Å². The Morgan fingerprint density at radius 3 is 2.32 bits per heavy atom. The lowest BCUT2D eigenvalue weighted by atomic mass is 10.2. The maximum Gasteiger partial charge on any atom is 0.243 e. The fourth-order valence-corrected chi connectivity index (χ4v) is 3.26. The number of rotatable bonds is 7. The minimum Gasteiger partial charge on any atom is -0.369 e. The van der Waals surface area contributed by atoms with Gasteiger partial charge in [-0.15, -0.1) is 11.6 Å². The van der Waals surface area contributed by atoms with E-state index in [0.717, 1.165) is 9.87 Å². The summed E-state index contributed by atoms with van der Waals surface area (Å²) in [7, 11) is -3.68. The van der Waals surface area contributed by atoms with E-state index >= 15 is 0 Å². The Morgan fingerprint density at radius 1 is 1.32 bits per heavy atom. The van der Waals surface area contributed by atoms with Crippen LogP contribution in [0, 0.1) is 0 Å². The molecule has 0 heterocycles. The molecule has 0 aliphatic rings. The van der Waals surface area contributed by atoms with Gasteiger partial charge in [0.05, 0.1) is 11.4 Å². The number of primary amides is 1. The van der Waals surface area contributed by atoms with Gasteiger partial charge in [0.25, 0.3) is 0 Å². The summed E-state index contributed by atoms with van der Waals surface area (Å²) in [6.07, 6.45) is 0.681. The highest BCUT2D eigenvalue weighted by Crippen LogP contribution is 2.16. The first kappa shape index (κ1) is 15.9. The minimum absolute atomic E-state index is 0.147. The van der Waals surface area contributed by atoms with E-state index in [2.05, 4.69) is 0 Å². The van der Waals surface area contributed by atoms with Gasteiger partial charge in [0.2, 0.25) is 15.9 Å². The molecule has 19 heavy (non-hydrogen) atoms. The lowest BCUT2D eigenvalue weighted by Gasteiger charge is -2.18. The summed E-state index contributed by atoms with van der Waals surface area (Å²) in [5.41, 5.74) is 6.01. The smallest absolute Gasteiger partial charge is 0.243 e. The second-order valence-electron chi connectivity index (χ2n) is 3.98. The molecule has 0 bridgehead atoms. The number of likely N-dealkylation sites (N-methyl/N-ethyl adjacent to an activating group) is 1. The topological polar surface area (TPSA) is 80.5 Å². The molecule has 7 heteroatoms. The predicted molar refractivity (Wildman–Crippen MR) is 74.5 cm³/mol. The molecular formula is C12H17ClN2O3S. The van der Waals surface area contributed by atoms with Crippen LogP contribution in [-0.4, -0.2) is 37.6 Å². The predicted octanol–water partition coefficient (Wildman–Crippen LogP) is 0.964. The monoisotopic (exact) mass is 304 g/mol. The number of benzene rings is 1. The van der Waals surface area contributed by atoms with E-state index in [1.165, 1.54) is 12.1 Å². The zero-order chi connectivity index (χ0) is 14.5. The van der Waals surface area contributed by atoms with Gasteiger partial charge in [-0.2, -0.15) is 4.31 Å². The van der Waals surface area contributed by atoms with Crippen LogP contribution in [0.4, 0.5) is 0 Å². The third-order valence-corrected chi connectivity index (χ3v) is 4.75. The molecule has 0 unspecified atom stereocenters. The molecule has 0 radical (unpaired) electrons. The maximum atomic E-state index is 12.3. The molecule has 0 atom stereocenters. The maximum absolute atomic E-state index is 12.3. The number of hydrogen-bond donors (Lipinski definition) is 1. The summed E-state index contributed by atoms with van der Waals surface area (Å²) in [5.74, 6) is -0.196. The molecule has 2 N–H and O–H groups in total. The lowest BCUT2D eigenvalue weighted by Crippen LogP contribution is -2.38. The van der Waals surface area contributed by atoms with Crippen molar-refractivity contribution in [3.05, 3.63) is 29.8 Å². The van der Waals surface area contributed by atoms with Crippen molar-refractivity contribution in [3.63, 3.8) is 0 Å². The van der Waals surface area contributed by atoms with Gasteiger partial charge in [0, 0.05) is 12.4 Å². The Bertz CT molecular complexity index is 528. The van der Waals surface area contributed by atoms with E-state index in [0.29, 0.717) is 12.3 Å². The van der Waals surface area contributed by atoms with Crippen LogP contribution in [0.3, 0.4) is 0 Å². The SMILES string of the molecule is CCN(CC(N)=O)S(=O)(=O)c1ccc(CCCl)cc1. The first-order valence-electron chi connectivity index (χ1n) is 5.85. The molecule has 1 amide bonds. The zero-order valence-electron chi connectivity index (χ0n) is 10.7. The van der Waals surface area contributed by atoms with Crippen molar-refractivity contribution in [2.45, 2.75) is 18.2 Å². The Labute approximate surface area is 118 Å². The van der Waals surface area contributed by atoms with Crippen LogP contribution in [0.2, 0.25) is 0 Å². The van der Waals surface area contributed by atoms with E-state index in [-0.39, 0.29) is 18.0 Å². The molecule has 0 fully saturated rings. The van der Waals surface area contributed by atoms with Gasteiger partial charge in [-0.25, -0.2) is 8.42 Å². The third kappa shape index (κ3) is 4.19. The van der Waals surface area contributed by atoms with Crippen LogP contribution in [-0.2, 0) is 21.2 Å². The second-order valence-corrected chi connectivity index (χ2v) is 6.30. The van der Waals surface area contributed by atoms with Gasteiger partial charge < -0.3 is 5.73 Å². The lowest BCUT2D eigenvalue weighted by molar-refractivity contribution is -0.118. The summed E-state index contributed by atoms with van der Waals surface area (Å²) in [4.78, 5) is 11.0. The Balaban J connectivity index is 3.01. The Kier molecular flexibility index (Phi) is 5.78. The van der Waals surface area contributed by atoms with Crippen molar-refractivity contribution < 1.29 is 13.2 Å². The van der Waals surface area contributed by atoms with Crippen molar-refractivity contribution in [1.29, 1.82) is 0 Å². The number of aryl methyl sites for hydroxylation is 1. The molecule has 0 saturated carbocycles. The number of nitrogens with zero attached hydrogens (tertiary/aromatic N) is 1. The number of carbonyl (C=O) groups is 1. The van der Waals surface area contributed by atoms with Crippen LogP contribution in [0.25, 0.3) is 0 Å². The highest BCUT2D eigenvalue weighted by Gasteiger charge is 2.24. The number of sulfonamides is 1. The minimum atomic E-state index is -3.68. The fraction of sp³-hybridized carbons (Fsp3) is 0.417. The molecule has 0 aliphatic heterocycles. The Morgan fingerprint density at radius 2 is 1.89 bits per heavy atom. The summed E-state index contributed by atoms with van der Waals surface area (Å²) in [5, 5.41) is 0.